The zero-order valence-corrected chi connectivity index (χ0v) is 11.4. The van der Waals surface area contributed by atoms with Crippen LogP contribution >= 0.6 is 0 Å². The molecule has 1 atom stereocenters. The highest BCUT2D eigenvalue weighted by Gasteiger charge is 2.20. The number of carboxylic acids is 1. The van der Waals surface area contributed by atoms with Crippen LogP contribution in [0.2, 0.25) is 0 Å². The summed E-state index contributed by atoms with van der Waals surface area (Å²) in [5.74, 6) is -0.740. The van der Waals surface area contributed by atoms with Crippen LogP contribution in [0.25, 0.3) is 0 Å². The Kier molecular flexibility index (Phi) is 5.03. The molecule has 1 unspecified atom stereocenters. The summed E-state index contributed by atoms with van der Waals surface area (Å²) in [6.45, 7) is 5.87. The van der Waals surface area contributed by atoms with Crippen molar-refractivity contribution in [2.75, 3.05) is 0 Å². The molecule has 0 aromatic heterocycles. The van der Waals surface area contributed by atoms with Crippen LogP contribution in [-0.4, -0.2) is 16.0 Å². The summed E-state index contributed by atoms with van der Waals surface area (Å²) in [7, 11) is 0. The van der Waals surface area contributed by atoms with Crippen LogP contribution in [0, 0.1) is 10.1 Å². The highest BCUT2D eigenvalue weighted by atomic mass is 16.6. The van der Waals surface area contributed by atoms with Gasteiger partial charge in [-0.1, -0.05) is 26.8 Å². The molecular formula is C14H19NO4. The van der Waals surface area contributed by atoms with E-state index in [1.54, 1.807) is 6.07 Å². The maximum atomic E-state index is 11.0. The minimum absolute atomic E-state index is 0.0181. The highest BCUT2D eigenvalue weighted by molar-refractivity contribution is 5.66. The molecule has 5 heteroatoms. The van der Waals surface area contributed by atoms with E-state index in [1.807, 2.05) is 26.8 Å². The van der Waals surface area contributed by atoms with Gasteiger partial charge in [-0.15, -0.1) is 0 Å². The van der Waals surface area contributed by atoms with Crippen LogP contribution in [0.3, 0.4) is 0 Å². The summed E-state index contributed by atoms with van der Waals surface area (Å²) in [6, 6.07) is 5.10. The van der Waals surface area contributed by atoms with Gasteiger partial charge in [-0.05, 0) is 29.9 Å². The zero-order valence-electron chi connectivity index (χ0n) is 11.4. The van der Waals surface area contributed by atoms with E-state index in [-0.39, 0.29) is 23.9 Å². The predicted octanol–water partition coefficient (Wildman–Crippen LogP) is 3.69. The smallest absolute Gasteiger partial charge is 0.303 e. The molecule has 0 fully saturated rings. The second-order valence-electron chi connectivity index (χ2n) is 5.06. The number of nitro groups is 1. The second kappa shape index (κ2) is 6.31. The molecule has 19 heavy (non-hydrogen) atoms. The summed E-state index contributed by atoms with van der Waals surface area (Å²) >= 11 is 0. The van der Waals surface area contributed by atoms with Gasteiger partial charge in [-0.2, -0.15) is 0 Å². The van der Waals surface area contributed by atoms with Gasteiger partial charge in [0.05, 0.1) is 4.92 Å². The van der Waals surface area contributed by atoms with E-state index < -0.39 is 10.9 Å². The number of carboxylic acid groups (broad SMARTS) is 1. The largest absolute Gasteiger partial charge is 0.481 e. The number of hydrogen-bond donors (Lipinski definition) is 1. The van der Waals surface area contributed by atoms with Gasteiger partial charge < -0.3 is 5.11 Å². The van der Waals surface area contributed by atoms with Gasteiger partial charge in [0.15, 0.2) is 0 Å². The lowest BCUT2D eigenvalue weighted by atomic mass is 9.90. The molecule has 0 amide bonds. The van der Waals surface area contributed by atoms with Crippen molar-refractivity contribution in [3.8, 4) is 0 Å². The molecule has 104 valence electrons. The van der Waals surface area contributed by atoms with Crippen molar-refractivity contribution in [3.05, 3.63) is 39.4 Å². The number of nitrogens with zero attached hydrogens (tertiary/aromatic N) is 1. The third-order valence-corrected chi connectivity index (χ3v) is 3.24. The predicted molar refractivity (Wildman–Crippen MR) is 72.5 cm³/mol. The Labute approximate surface area is 112 Å². The molecule has 0 radical (unpaired) electrons. The zero-order chi connectivity index (χ0) is 14.6. The minimum Gasteiger partial charge on any atom is -0.481 e. The lowest BCUT2D eigenvalue weighted by Crippen LogP contribution is -2.04. The van der Waals surface area contributed by atoms with Crippen molar-refractivity contribution >= 4 is 11.7 Å². The molecule has 0 bridgehead atoms. The van der Waals surface area contributed by atoms with E-state index in [0.29, 0.717) is 12.0 Å². The van der Waals surface area contributed by atoms with Gasteiger partial charge in [0, 0.05) is 18.1 Å². The van der Waals surface area contributed by atoms with Crippen molar-refractivity contribution < 1.29 is 14.8 Å². The van der Waals surface area contributed by atoms with Crippen LogP contribution in [0.15, 0.2) is 18.2 Å². The topological polar surface area (TPSA) is 80.4 Å². The first-order chi connectivity index (χ1) is 8.82. The molecule has 1 rings (SSSR count). The lowest BCUT2D eigenvalue weighted by Gasteiger charge is -2.14. The standard InChI is InChI=1S/C14H19NO4/c1-9(2)11-5-6-13(15(18)19)12(8-11)10(3)4-7-14(16)17/h5-6,8-10H,4,7H2,1-3H3,(H,16,17). The first-order valence-corrected chi connectivity index (χ1v) is 6.33. The first-order valence-electron chi connectivity index (χ1n) is 6.33. The number of hydrogen-bond acceptors (Lipinski definition) is 3. The average Bonchev–Trinajstić information content (AvgIpc) is 2.34. The van der Waals surface area contributed by atoms with Gasteiger partial charge in [0.1, 0.15) is 0 Å². The summed E-state index contributed by atoms with van der Waals surface area (Å²) in [5.41, 5.74) is 1.72. The van der Waals surface area contributed by atoms with Crippen LogP contribution < -0.4 is 0 Å². The molecule has 0 aliphatic heterocycles. The van der Waals surface area contributed by atoms with Crippen LogP contribution in [0.5, 0.6) is 0 Å². The van der Waals surface area contributed by atoms with E-state index in [0.717, 1.165) is 5.56 Å². The lowest BCUT2D eigenvalue weighted by molar-refractivity contribution is -0.385. The van der Waals surface area contributed by atoms with E-state index in [2.05, 4.69) is 0 Å². The Balaban J connectivity index is 3.09. The number of rotatable bonds is 6. The van der Waals surface area contributed by atoms with E-state index in [1.165, 1.54) is 6.07 Å². The van der Waals surface area contributed by atoms with Gasteiger partial charge in [0.2, 0.25) is 0 Å². The second-order valence-corrected chi connectivity index (χ2v) is 5.06. The van der Waals surface area contributed by atoms with Crippen molar-refractivity contribution in [2.24, 2.45) is 0 Å². The molecule has 0 saturated carbocycles. The molecule has 0 spiro atoms. The maximum absolute atomic E-state index is 11.0. The van der Waals surface area contributed by atoms with Gasteiger partial charge >= 0.3 is 5.97 Å². The number of carbonyl (C=O) groups is 1. The van der Waals surface area contributed by atoms with Gasteiger partial charge in [-0.3, -0.25) is 14.9 Å². The molecule has 0 aliphatic rings. The fourth-order valence-electron chi connectivity index (χ4n) is 1.99. The molecule has 5 nitrogen and oxygen atoms in total. The first kappa shape index (κ1) is 15.1. The minimum atomic E-state index is -0.880. The number of benzene rings is 1. The summed E-state index contributed by atoms with van der Waals surface area (Å²) in [6.07, 6.45) is 0.419. The third kappa shape index (κ3) is 4.05. The van der Waals surface area contributed by atoms with Crippen molar-refractivity contribution in [2.45, 2.75) is 45.4 Å². The fourth-order valence-corrected chi connectivity index (χ4v) is 1.99. The van der Waals surface area contributed by atoms with Crippen LogP contribution in [-0.2, 0) is 4.79 Å². The molecule has 1 aromatic rings. The van der Waals surface area contributed by atoms with Crippen molar-refractivity contribution in [1.82, 2.24) is 0 Å². The van der Waals surface area contributed by atoms with E-state index in [4.69, 9.17) is 5.11 Å². The summed E-state index contributed by atoms with van der Waals surface area (Å²) in [4.78, 5) is 21.2. The maximum Gasteiger partial charge on any atom is 0.303 e. The number of nitro benzene ring substituents is 1. The summed E-state index contributed by atoms with van der Waals surface area (Å²) < 4.78 is 0. The molecule has 1 aromatic carbocycles. The fraction of sp³-hybridized carbons (Fsp3) is 0.500. The Morgan fingerprint density at radius 3 is 2.47 bits per heavy atom. The summed E-state index contributed by atoms with van der Waals surface area (Å²) in [5, 5.41) is 19.7. The van der Waals surface area contributed by atoms with Gasteiger partial charge in [-0.25, -0.2) is 0 Å². The Bertz CT molecular complexity index is 482. The third-order valence-electron chi connectivity index (χ3n) is 3.24. The average molecular weight is 265 g/mol. The Morgan fingerprint density at radius 1 is 1.37 bits per heavy atom. The van der Waals surface area contributed by atoms with Crippen LogP contribution in [0.4, 0.5) is 5.69 Å². The molecule has 0 aliphatic carbocycles. The van der Waals surface area contributed by atoms with Crippen molar-refractivity contribution in [1.29, 1.82) is 0 Å². The quantitative estimate of drug-likeness (QED) is 0.628. The van der Waals surface area contributed by atoms with Gasteiger partial charge in [0.25, 0.3) is 5.69 Å². The van der Waals surface area contributed by atoms with E-state index in [9.17, 15) is 14.9 Å². The van der Waals surface area contributed by atoms with E-state index >= 15 is 0 Å². The number of aliphatic carboxylic acids is 1. The monoisotopic (exact) mass is 265 g/mol. The molecule has 0 heterocycles. The molecule has 0 saturated heterocycles. The Morgan fingerprint density at radius 2 is 2.00 bits per heavy atom. The Hall–Kier alpha value is -1.91. The molecular weight excluding hydrogens is 246 g/mol. The van der Waals surface area contributed by atoms with Crippen molar-refractivity contribution in [3.63, 3.8) is 0 Å². The molecule has 1 N–H and O–H groups in total. The van der Waals surface area contributed by atoms with Crippen LogP contribution in [0.1, 0.15) is 56.6 Å². The SMILES string of the molecule is CC(C)c1ccc([N+](=O)[O-])c(C(C)CCC(=O)O)c1. The highest BCUT2D eigenvalue weighted by Crippen LogP contribution is 2.32. The normalized spacial score (nSPS) is 12.4.